The average Bonchev–Trinajstić information content (AvgIpc) is 1.66. The predicted octanol–water partition coefficient (Wildman–Crippen LogP) is 14.8. The molecule has 25 heteroatoms. The Balaban J connectivity index is 0.000000143. The summed E-state index contributed by atoms with van der Waals surface area (Å²) >= 11 is 0. The van der Waals surface area contributed by atoms with Crippen LogP contribution < -0.4 is 14.2 Å². The molecule has 16 rings (SSSR count). The first kappa shape index (κ1) is 72.4. The molecule has 2 atom stereocenters. The Hall–Kier alpha value is -10.5. The Labute approximate surface area is 620 Å². The molecule has 5 aliphatic rings. The molecule has 0 radical (unpaired) electrons. The molecule has 11 aromatic rings. The summed E-state index contributed by atoms with van der Waals surface area (Å²) in [6.45, 7) is 24.0. The van der Waals surface area contributed by atoms with Crippen molar-refractivity contribution in [3.63, 3.8) is 0 Å². The maximum atomic E-state index is 12.0. The van der Waals surface area contributed by atoms with E-state index >= 15 is 0 Å². The largest absolute Gasteiger partial charge is 0.439 e. The van der Waals surface area contributed by atoms with Crippen LogP contribution in [0.3, 0.4) is 0 Å². The smallest absolute Gasteiger partial charge is 0.222 e. The number of fused-ring (bicyclic) bond motifs is 5. The van der Waals surface area contributed by atoms with E-state index in [0.29, 0.717) is 85.8 Å². The normalized spacial score (nSPS) is 16.7. The van der Waals surface area contributed by atoms with E-state index in [0.717, 1.165) is 180 Å². The highest BCUT2D eigenvalue weighted by molar-refractivity contribution is 6.76. The number of aromatic nitrogens is 10. The summed E-state index contributed by atoms with van der Waals surface area (Å²) in [5, 5.41) is 11.7. The van der Waals surface area contributed by atoms with Crippen molar-refractivity contribution in [1.29, 1.82) is 0 Å². The maximum Gasteiger partial charge on any atom is 0.222 e. The highest BCUT2D eigenvalue weighted by Crippen LogP contribution is 2.33. The Morgan fingerprint density at radius 2 is 0.943 bits per heavy atom. The van der Waals surface area contributed by atoms with E-state index in [2.05, 4.69) is 118 Å². The maximum absolute atomic E-state index is 12.0. The van der Waals surface area contributed by atoms with Crippen molar-refractivity contribution in [3.8, 4) is 57.4 Å². The number of amides is 2. The van der Waals surface area contributed by atoms with Crippen LogP contribution >= 0.6 is 0 Å². The fourth-order valence-corrected chi connectivity index (χ4v) is 15.1. The van der Waals surface area contributed by atoms with Crippen molar-refractivity contribution in [3.05, 3.63) is 199 Å². The summed E-state index contributed by atoms with van der Waals surface area (Å²) in [6, 6.07) is 47.7. The lowest BCUT2D eigenvalue weighted by Gasteiger charge is -2.37. The first-order valence-electron chi connectivity index (χ1n) is 36.4. The third-order valence-corrected chi connectivity index (χ3v) is 22.9. The van der Waals surface area contributed by atoms with Gasteiger partial charge in [-0.25, -0.2) is 29.3 Å². The lowest BCUT2D eigenvalue weighted by Crippen LogP contribution is -2.51. The number of allylic oxidation sites excluding steroid dienone is 1. The molecule has 5 aliphatic heterocycles. The number of carbonyl (C=O) groups excluding carboxylic acids is 3. The van der Waals surface area contributed by atoms with Crippen molar-refractivity contribution in [2.24, 2.45) is 4.99 Å². The molecule has 0 saturated carbocycles. The van der Waals surface area contributed by atoms with Gasteiger partial charge in [0.15, 0.2) is 6.29 Å². The average molecular weight is 1460 g/mol. The van der Waals surface area contributed by atoms with Crippen molar-refractivity contribution < 1.29 is 39.5 Å². The minimum Gasteiger partial charge on any atom is -0.439 e. The first-order chi connectivity index (χ1) is 51.4. The third kappa shape index (κ3) is 18.7. The molecule has 0 aliphatic carbocycles. The molecule has 2 amide bonds. The Kier molecular flexibility index (Phi) is 22.4. The van der Waals surface area contributed by atoms with E-state index in [1.807, 2.05) is 137 Å². The van der Waals surface area contributed by atoms with Crippen molar-refractivity contribution in [2.75, 3.05) is 59.0 Å². The van der Waals surface area contributed by atoms with Crippen LogP contribution in [0, 0.1) is 0 Å². The molecule has 106 heavy (non-hydrogen) atoms. The number of hydrogen-bond donors (Lipinski definition) is 0. The minimum absolute atomic E-state index is 0. The summed E-state index contributed by atoms with van der Waals surface area (Å²) in [5.74, 6) is 4.31. The summed E-state index contributed by atoms with van der Waals surface area (Å²) in [4.78, 5) is 75.4. The standard InChI is InChI=1S/C31H38N6O3Si.C26H25N5O2.C24H26N4O3Si.H2/c1-41(2,3)17-16-39-22-37-29(12-13-33-37)24-5-10-30(32-19-24)40-27-8-9-28-23(18-27)4-6-25(34-28)20-35-14-15-36-26(21-35)7-11-31(36)38;32-26-8-4-22-17-30(11-12-31(22)26)16-21-3-1-18-13-23(5-6-24(18)29-21)33-25-7-2-19(15-28-25)20-9-10-27-14-20;1-32(2,3)13-12-30-17-28-23(10-11-26-28)19-5-9-24(25-15-19)31-21-7-8-22-18(14-21)4-6-20(16-29)27-22;/h4-6,8-10,12-13,18-19,26H,7,11,14-17,20-22H2,1-3H3;1-3,5-7,9-10,13,15,22H,4,8,11-12,14,16-17H2;4-11,14-16H,12-13,17H2,1-3H3;1H/i;;;1+1. The van der Waals surface area contributed by atoms with Gasteiger partial charge in [-0.15, -0.1) is 0 Å². The molecule has 3 aromatic carbocycles. The molecule has 13 heterocycles. The van der Waals surface area contributed by atoms with Crippen LogP contribution in [0.5, 0.6) is 34.9 Å². The fourth-order valence-electron chi connectivity index (χ4n) is 13.6. The number of nitrogens with zero attached hydrogens (tertiary/aromatic N) is 15. The van der Waals surface area contributed by atoms with E-state index in [-0.39, 0.29) is 1.43 Å². The van der Waals surface area contributed by atoms with Crippen LogP contribution in [-0.2, 0) is 45.6 Å². The minimum atomic E-state index is -1.12. The zero-order chi connectivity index (χ0) is 73.2. The molecular weight excluding hydrogens is 1370 g/mol. The highest BCUT2D eigenvalue weighted by atomic mass is 28.3. The van der Waals surface area contributed by atoms with Crippen LogP contribution in [0.15, 0.2) is 182 Å². The molecule has 0 spiro atoms. The lowest BCUT2D eigenvalue weighted by atomic mass is 10.1. The van der Waals surface area contributed by atoms with Crippen molar-refractivity contribution in [2.45, 2.75) is 116 Å². The molecule has 23 nitrogen and oxygen atoms in total. The van der Waals surface area contributed by atoms with Crippen LogP contribution in [0.4, 0.5) is 0 Å². The van der Waals surface area contributed by atoms with Crippen molar-refractivity contribution in [1.82, 2.24) is 69.1 Å². The number of pyridine rings is 6. The van der Waals surface area contributed by atoms with Gasteiger partial charge in [0, 0.05) is 191 Å². The SMILES string of the molecule is C[Si](C)(C)CCOCn1nccc1-c1ccc(Oc2ccc3nc(C=O)ccc3c2)nc1.C[Si](C)(C)CCOCn1nccc1-c1ccc(Oc2ccc3nc(CN4CCN5C(=O)CCC5C4)ccc3c2)nc1.O=C1CCC2CN(Cc3ccc4cc(Oc5ccc(C6=CC=NC6)cn5)ccc4n3)CCN12.[2HH]. The van der Waals surface area contributed by atoms with Gasteiger partial charge >= 0.3 is 0 Å². The molecule has 2 unspecified atom stereocenters. The summed E-state index contributed by atoms with van der Waals surface area (Å²) < 4.78 is 33.4. The number of benzene rings is 3. The van der Waals surface area contributed by atoms with E-state index in [1.165, 1.54) is 5.57 Å². The highest BCUT2D eigenvalue weighted by Gasteiger charge is 2.37. The van der Waals surface area contributed by atoms with Crippen LogP contribution in [-0.4, -0.2) is 181 Å². The quantitative estimate of drug-likeness (QED) is 0.0310. The van der Waals surface area contributed by atoms with Gasteiger partial charge in [0.2, 0.25) is 29.5 Å². The van der Waals surface area contributed by atoms with E-state index in [1.54, 1.807) is 30.9 Å². The van der Waals surface area contributed by atoms with Gasteiger partial charge in [0.25, 0.3) is 0 Å². The Bertz CT molecular complexity index is 4990. The summed E-state index contributed by atoms with van der Waals surface area (Å²) in [6.07, 6.45) is 16.9. The van der Waals surface area contributed by atoms with Gasteiger partial charge in [-0.05, 0) is 145 Å². The number of ether oxygens (including phenoxy) is 5. The molecule has 546 valence electrons. The monoisotopic (exact) mass is 1460 g/mol. The Morgan fingerprint density at radius 1 is 0.500 bits per heavy atom. The molecule has 0 N–H and O–H groups in total. The third-order valence-electron chi connectivity index (χ3n) is 19.5. The molecular formula is C81H91N15O8Si2. The molecule has 8 aromatic heterocycles. The number of rotatable bonds is 24. The van der Waals surface area contributed by atoms with Gasteiger partial charge in [-0.3, -0.25) is 39.1 Å². The predicted molar refractivity (Wildman–Crippen MR) is 418 cm³/mol. The van der Waals surface area contributed by atoms with Crippen LogP contribution in [0.2, 0.25) is 51.4 Å². The van der Waals surface area contributed by atoms with Gasteiger partial charge in [-0.1, -0.05) is 57.5 Å². The Morgan fingerprint density at radius 3 is 1.36 bits per heavy atom. The van der Waals surface area contributed by atoms with Gasteiger partial charge < -0.3 is 33.5 Å². The second-order valence-corrected chi connectivity index (χ2v) is 41.1. The number of carbonyl (C=O) groups is 3. The molecule has 4 fully saturated rings. The second-order valence-electron chi connectivity index (χ2n) is 29.8. The van der Waals surface area contributed by atoms with Crippen LogP contribution in [0.25, 0.3) is 60.8 Å². The van der Waals surface area contributed by atoms with E-state index < -0.39 is 16.1 Å². The van der Waals surface area contributed by atoms with Gasteiger partial charge in [0.1, 0.15) is 36.4 Å². The number of hydrogen-bond acceptors (Lipinski definition) is 19. The zero-order valence-electron chi connectivity index (χ0n) is 61.0. The van der Waals surface area contributed by atoms with Crippen LogP contribution in [0.1, 0.15) is 54.5 Å². The molecule has 4 saturated heterocycles. The number of piperazine rings is 2. The topological polar surface area (TPSA) is 236 Å². The zero-order valence-corrected chi connectivity index (χ0v) is 63.0. The van der Waals surface area contributed by atoms with Gasteiger partial charge in [-0.2, -0.15) is 10.2 Å². The summed E-state index contributed by atoms with van der Waals surface area (Å²) in [7, 11) is -2.23. The second kappa shape index (κ2) is 32.9. The van der Waals surface area contributed by atoms with Crippen molar-refractivity contribution >= 4 is 78.7 Å². The number of aldehydes is 1. The first-order valence-corrected chi connectivity index (χ1v) is 43.8. The van der Waals surface area contributed by atoms with E-state index in [9.17, 15) is 14.4 Å². The summed E-state index contributed by atoms with van der Waals surface area (Å²) in [5.41, 5.74) is 11.2. The van der Waals surface area contributed by atoms with Gasteiger partial charge in [0.05, 0.1) is 45.9 Å². The molecule has 0 bridgehead atoms. The number of aliphatic imine (C=N–C) groups is 1. The van der Waals surface area contributed by atoms with E-state index in [4.69, 9.17) is 33.7 Å². The fraction of sp³-hybridized carbons (Fsp3) is 0.333. The lowest BCUT2D eigenvalue weighted by molar-refractivity contribution is -0.131.